The van der Waals surface area contributed by atoms with E-state index in [1.807, 2.05) is 0 Å². The number of hydrogen-bond acceptors (Lipinski definition) is 5. The molecule has 1 saturated heterocycles. The van der Waals surface area contributed by atoms with Gasteiger partial charge in [0.25, 0.3) is 0 Å². The van der Waals surface area contributed by atoms with Gasteiger partial charge in [-0.3, -0.25) is 0 Å². The number of rotatable bonds is 9. The average molecular weight is 491 g/mol. The number of hydrogen-bond donors (Lipinski definition) is 3. The summed E-state index contributed by atoms with van der Waals surface area (Å²) in [5.41, 5.74) is 3.19. The second-order valence-electron chi connectivity index (χ2n) is 9.23. The summed E-state index contributed by atoms with van der Waals surface area (Å²) in [6, 6.07) is 10.9. The van der Waals surface area contributed by atoms with Crippen molar-refractivity contribution in [2.24, 2.45) is 11.8 Å². The number of ether oxygens (including phenoxy) is 1. The molecule has 1 atom stereocenters. The van der Waals surface area contributed by atoms with Gasteiger partial charge in [-0.05, 0) is 74.1 Å². The molecule has 4 rings (SSSR count). The van der Waals surface area contributed by atoms with Gasteiger partial charge in [0.05, 0.1) is 16.0 Å². The molecule has 1 saturated carbocycles. The molecule has 2 heterocycles. The summed E-state index contributed by atoms with van der Waals surface area (Å²) >= 11 is 6.55. The van der Waals surface area contributed by atoms with Gasteiger partial charge in [-0.25, -0.2) is 13.9 Å². The van der Waals surface area contributed by atoms with E-state index in [-0.39, 0.29) is 0 Å². The molecule has 33 heavy (non-hydrogen) atoms. The Hall–Kier alpha value is -1.67. The summed E-state index contributed by atoms with van der Waals surface area (Å²) in [5, 5.41) is 7.86. The van der Waals surface area contributed by atoms with Crippen LogP contribution in [0.4, 0.5) is 11.5 Å². The smallest absolute Gasteiger partial charge is 0.126 e. The van der Waals surface area contributed by atoms with Gasteiger partial charge in [-0.2, -0.15) is 0 Å². The number of benzene rings is 1. The van der Waals surface area contributed by atoms with Crippen molar-refractivity contribution in [2.45, 2.75) is 44.6 Å². The Labute approximate surface area is 204 Å². The zero-order chi connectivity index (χ0) is 23.0. The van der Waals surface area contributed by atoms with E-state index in [0.717, 1.165) is 87.5 Å². The summed E-state index contributed by atoms with van der Waals surface area (Å²) in [7, 11) is -0.933. The lowest BCUT2D eigenvalue weighted by Crippen LogP contribution is -2.31. The van der Waals surface area contributed by atoms with E-state index in [1.54, 1.807) is 12.5 Å². The Bertz CT molecular complexity index is 930. The van der Waals surface area contributed by atoms with E-state index in [2.05, 4.69) is 50.7 Å². The second kappa shape index (κ2) is 12.2. The monoisotopic (exact) mass is 490 g/mol. The molecule has 1 aromatic carbocycles. The van der Waals surface area contributed by atoms with Crippen molar-refractivity contribution in [3.63, 3.8) is 0 Å². The number of anilines is 2. The first-order chi connectivity index (χ1) is 16.1. The van der Waals surface area contributed by atoms with Crippen LogP contribution in [0.2, 0.25) is 5.02 Å². The highest BCUT2D eigenvalue weighted by molar-refractivity contribution is 7.82. The second-order valence-corrected chi connectivity index (χ2v) is 10.8. The van der Waals surface area contributed by atoms with Crippen molar-refractivity contribution in [1.82, 2.24) is 9.71 Å². The van der Waals surface area contributed by atoms with Crippen molar-refractivity contribution in [3.05, 3.63) is 41.6 Å². The van der Waals surface area contributed by atoms with Crippen molar-refractivity contribution >= 4 is 34.1 Å². The molecule has 6 nitrogen and oxygen atoms in total. The van der Waals surface area contributed by atoms with Crippen LogP contribution in [0.1, 0.15) is 38.5 Å². The van der Waals surface area contributed by atoms with Crippen LogP contribution < -0.4 is 15.4 Å². The third kappa shape index (κ3) is 7.41. The zero-order valence-corrected chi connectivity index (χ0v) is 20.9. The maximum absolute atomic E-state index is 11.3. The molecule has 8 heteroatoms. The number of halogens is 1. The van der Waals surface area contributed by atoms with Crippen LogP contribution in [0.15, 0.2) is 36.5 Å². The van der Waals surface area contributed by atoms with Gasteiger partial charge in [-0.15, -0.1) is 0 Å². The van der Waals surface area contributed by atoms with Crippen LogP contribution in [-0.4, -0.2) is 47.8 Å². The normalized spacial score (nSPS) is 22.6. The lowest BCUT2D eigenvalue weighted by atomic mass is 9.86. The fraction of sp³-hybridized carbons (Fsp3) is 0.560. The Kier molecular flexibility index (Phi) is 9.01. The first-order valence-electron chi connectivity index (χ1n) is 12.0. The van der Waals surface area contributed by atoms with Crippen LogP contribution in [0.5, 0.6) is 0 Å². The molecule has 0 radical (unpaired) electrons. The van der Waals surface area contributed by atoms with Gasteiger partial charge in [0.15, 0.2) is 0 Å². The number of nitrogens with one attached hydrogen (secondary N) is 3. The lowest BCUT2D eigenvalue weighted by molar-refractivity contribution is 0.0699. The van der Waals surface area contributed by atoms with Crippen LogP contribution in [-0.2, 0) is 15.7 Å². The molecule has 180 valence electrons. The lowest BCUT2D eigenvalue weighted by Gasteiger charge is -2.29. The third-order valence-electron chi connectivity index (χ3n) is 6.74. The number of pyridine rings is 1. The van der Waals surface area contributed by atoms with Crippen molar-refractivity contribution in [1.29, 1.82) is 0 Å². The fourth-order valence-corrected chi connectivity index (χ4v) is 5.39. The summed E-state index contributed by atoms with van der Waals surface area (Å²) < 4.78 is 19.8. The largest absolute Gasteiger partial charge is 0.385 e. The minimum atomic E-state index is -0.933. The highest BCUT2D eigenvalue weighted by Crippen LogP contribution is 2.32. The first kappa shape index (κ1) is 24.5. The molecule has 2 aliphatic rings. The Morgan fingerprint density at radius 1 is 1.06 bits per heavy atom. The quantitative estimate of drug-likeness (QED) is 0.456. The Morgan fingerprint density at radius 2 is 1.82 bits per heavy atom. The fourth-order valence-electron chi connectivity index (χ4n) is 4.70. The van der Waals surface area contributed by atoms with Crippen molar-refractivity contribution in [2.75, 3.05) is 43.2 Å². The van der Waals surface area contributed by atoms with Gasteiger partial charge in [0, 0.05) is 56.0 Å². The topological polar surface area (TPSA) is 75.3 Å². The minimum absolute atomic E-state index is 0.405. The molecular weight excluding hydrogens is 456 g/mol. The van der Waals surface area contributed by atoms with Crippen molar-refractivity contribution in [3.8, 4) is 11.1 Å². The maximum Gasteiger partial charge on any atom is 0.126 e. The van der Waals surface area contributed by atoms with E-state index in [9.17, 15) is 4.21 Å². The van der Waals surface area contributed by atoms with Crippen LogP contribution >= 0.6 is 11.6 Å². The Morgan fingerprint density at radius 3 is 2.58 bits per heavy atom. The van der Waals surface area contributed by atoms with Crippen LogP contribution in [0.3, 0.4) is 0 Å². The van der Waals surface area contributed by atoms with Gasteiger partial charge in [-0.1, -0.05) is 23.7 Å². The highest BCUT2D eigenvalue weighted by Gasteiger charge is 2.22. The SMILES string of the molecule is CS(=O)NCC1CCC(Nc2cc(-c3cccc(NCC4CCOCC4)c3)c(Cl)cn2)CC1. The van der Waals surface area contributed by atoms with E-state index >= 15 is 0 Å². The van der Waals surface area contributed by atoms with Gasteiger partial charge >= 0.3 is 0 Å². The minimum Gasteiger partial charge on any atom is -0.385 e. The van der Waals surface area contributed by atoms with E-state index in [4.69, 9.17) is 16.3 Å². The van der Waals surface area contributed by atoms with E-state index in [1.165, 1.54) is 0 Å². The molecule has 2 fully saturated rings. The molecule has 0 bridgehead atoms. The predicted molar refractivity (Wildman–Crippen MR) is 138 cm³/mol. The van der Waals surface area contributed by atoms with E-state index in [0.29, 0.717) is 22.9 Å². The standard InChI is InChI=1S/C25H35ClN4O2S/c1-33(31)29-16-18-5-7-21(8-6-18)30-25-14-23(24(26)17-28-25)20-3-2-4-22(13-20)27-15-19-9-11-32-12-10-19/h2-4,13-14,17-19,21,27,29H,5-12,15-16H2,1H3,(H,28,30). The molecule has 1 aliphatic heterocycles. The third-order valence-corrected chi connectivity index (χ3v) is 7.61. The predicted octanol–water partition coefficient (Wildman–Crippen LogP) is 5.09. The average Bonchev–Trinajstić information content (AvgIpc) is 2.84. The molecule has 3 N–H and O–H groups in total. The Balaban J connectivity index is 1.36. The summed E-state index contributed by atoms with van der Waals surface area (Å²) in [4.78, 5) is 4.53. The molecule has 1 aliphatic carbocycles. The number of aromatic nitrogens is 1. The van der Waals surface area contributed by atoms with Gasteiger partial charge < -0.3 is 15.4 Å². The molecular formula is C25H35ClN4O2S. The molecule has 1 unspecified atom stereocenters. The van der Waals surface area contributed by atoms with Gasteiger partial charge in [0.2, 0.25) is 0 Å². The molecule has 0 amide bonds. The summed E-state index contributed by atoms with van der Waals surface area (Å²) in [5.74, 6) is 2.13. The number of nitrogens with zero attached hydrogens (tertiary/aromatic N) is 1. The van der Waals surface area contributed by atoms with E-state index < -0.39 is 11.0 Å². The summed E-state index contributed by atoms with van der Waals surface area (Å²) in [6.45, 7) is 3.54. The molecule has 1 aromatic heterocycles. The van der Waals surface area contributed by atoms with Gasteiger partial charge in [0.1, 0.15) is 5.82 Å². The maximum atomic E-state index is 11.3. The molecule has 2 aromatic rings. The summed E-state index contributed by atoms with van der Waals surface area (Å²) in [6.07, 6.45) is 10.1. The van der Waals surface area contributed by atoms with Crippen LogP contribution in [0.25, 0.3) is 11.1 Å². The molecule has 0 spiro atoms. The highest BCUT2D eigenvalue weighted by atomic mass is 35.5. The zero-order valence-electron chi connectivity index (χ0n) is 19.3. The first-order valence-corrected chi connectivity index (χ1v) is 13.9. The van der Waals surface area contributed by atoms with Crippen molar-refractivity contribution < 1.29 is 8.95 Å². The van der Waals surface area contributed by atoms with Crippen LogP contribution in [0, 0.1) is 11.8 Å².